The highest BCUT2D eigenvalue weighted by Crippen LogP contribution is 2.28. The maximum absolute atomic E-state index is 5.85. The van der Waals surface area contributed by atoms with Crippen LogP contribution in [0.4, 0.5) is 0 Å². The highest BCUT2D eigenvalue weighted by molar-refractivity contribution is 4.73. The summed E-state index contributed by atoms with van der Waals surface area (Å²) in [5, 5.41) is 0. The molecule has 21 heavy (non-hydrogen) atoms. The van der Waals surface area contributed by atoms with Crippen LogP contribution in [0.25, 0.3) is 0 Å². The van der Waals surface area contributed by atoms with Crippen LogP contribution in [0.2, 0.25) is 0 Å². The summed E-state index contributed by atoms with van der Waals surface area (Å²) in [5.41, 5.74) is 0. The van der Waals surface area contributed by atoms with Crippen LogP contribution in [-0.2, 0) is 18.9 Å². The maximum Gasteiger partial charge on any atom is 0.163 e. The second-order valence-corrected chi connectivity index (χ2v) is 7.51. The Morgan fingerprint density at radius 2 is 1.38 bits per heavy atom. The van der Waals surface area contributed by atoms with E-state index in [1.54, 1.807) is 0 Å². The second kappa shape index (κ2) is 6.95. The highest BCUT2D eigenvalue weighted by Gasteiger charge is 2.33. The molecule has 0 aliphatic carbocycles. The van der Waals surface area contributed by atoms with Crippen molar-refractivity contribution >= 4 is 0 Å². The quantitative estimate of drug-likeness (QED) is 0.715. The molecule has 0 aromatic heterocycles. The first-order valence-corrected chi connectivity index (χ1v) is 8.39. The van der Waals surface area contributed by atoms with E-state index in [2.05, 4.69) is 6.92 Å². The molecule has 0 radical (unpaired) electrons. The van der Waals surface area contributed by atoms with E-state index in [0.717, 1.165) is 32.0 Å². The van der Waals surface area contributed by atoms with Crippen LogP contribution < -0.4 is 0 Å². The molecule has 3 unspecified atom stereocenters. The van der Waals surface area contributed by atoms with Crippen molar-refractivity contribution in [2.75, 3.05) is 13.2 Å². The van der Waals surface area contributed by atoms with E-state index in [1.165, 1.54) is 19.3 Å². The van der Waals surface area contributed by atoms with Crippen molar-refractivity contribution < 1.29 is 18.9 Å². The van der Waals surface area contributed by atoms with Crippen molar-refractivity contribution in [3.05, 3.63) is 0 Å². The van der Waals surface area contributed by atoms with Gasteiger partial charge in [-0.15, -0.1) is 0 Å². The van der Waals surface area contributed by atoms with E-state index in [0.29, 0.717) is 0 Å². The fourth-order valence-corrected chi connectivity index (χ4v) is 3.12. The molecule has 0 amide bonds. The second-order valence-electron chi connectivity index (χ2n) is 7.51. The van der Waals surface area contributed by atoms with Gasteiger partial charge in [0.05, 0.1) is 25.4 Å². The zero-order chi connectivity index (χ0) is 15.5. The van der Waals surface area contributed by atoms with E-state index in [4.69, 9.17) is 18.9 Å². The summed E-state index contributed by atoms with van der Waals surface area (Å²) in [5.74, 6) is -0.0451. The molecule has 0 saturated carbocycles. The fraction of sp³-hybridized carbons (Fsp3) is 1.00. The molecule has 0 N–H and O–H groups in total. The van der Waals surface area contributed by atoms with Crippen molar-refractivity contribution in [3.63, 3.8) is 0 Å². The lowest BCUT2D eigenvalue weighted by Crippen LogP contribution is -2.22. The zero-order valence-corrected chi connectivity index (χ0v) is 14.3. The Morgan fingerprint density at radius 3 is 1.86 bits per heavy atom. The first-order chi connectivity index (χ1) is 9.76. The zero-order valence-electron chi connectivity index (χ0n) is 14.3. The smallest absolute Gasteiger partial charge is 0.163 e. The molecule has 2 fully saturated rings. The van der Waals surface area contributed by atoms with E-state index in [1.807, 2.05) is 27.7 Å². The van der Waals surface area contributed by atoms with Crippen LogP contribution in [-0.4, -0.2) is 37.0 Å². The lowest BCUT2D eigenvalue weighted by atomic mass is 9.96. The van der Waals surface area contributed by atoms with Crippen LogP contribution in [0.15, 0.2) is 0 Å². The molecule has 0 bridgehead atoms. The first-order valence-electron chi connectivity index (χ1n) is 8.39. The van der Waals surface area contributed by atoms with Gasteiger partial charge in [-0.05, 0) is 52.9 Å². The van der Waals surface area contributed by atoms with Gasteiger partial charge in [0.25, 0.3) is 0 Å². The summed E-state index contributed by atoms with van der Waals surface area (Å²) in [6.07, 6.45) is 6.41. The summed E-state index contributed by atoms with van der Waals surface area (Å²) < 4.78 is 22.9. The minimum atomic E-state index is -0.388. The number of hydrogen-bond acceptors (Lipinski definition) is 4. The average molecular weight is 300 g/mol. The van der Waals surface area contributed by atoms with Gasteiger partial charge in [-0.25, -0.2) is 0 Å². The third-order valence-corrected chi connectivity index (χ3v) is 4.34. The van der Waals surface area contributed by atoms with Gasteiger partial charge in [0.2, 0.25) is 0 Å². The van der Waals surface area contributed by atoms with Crippen LogP contribution in [0, 0.1) is 5.92 Å². The van der Waals surface area contributed by atoms with Crippen molar-refractivity contribution in [2.24, 2.45) is 5.92 Å². The van der Waals surface area contributed by atoms with Crippen molar-refractivity contribution in [3.8, 4) is 0 Å². The highest BCUT2D eigenvalue weighted by atomic mass is 16.7. The Balaban J connectivity index is 1.53. The van der Waals surface area contributed by atoms with Gasteiger partial charge in [0.1, 0.15) is 0 Å². The molecule has 2 saturated heterocycles. The maximum atomic E-state index is 5.85. The third-order valence-electron chi connectivity index (χ3n) is 4.34. The van der Waals surface area contributed by atoms with Crippen molar-refractivity contribution in [1.82, 2.24) is 0 Å². The van der Waals surface area contributed by atoms with Gasteiger partial charge >= 0.3 is 0 Å². The summed E-state index contributed by atoms with van der Waals surface area (Å²) in [6.45, 7) is 11.8. The monoisotopic (exact) mass is 300 g/mol. The Morgan fingerprint density at radius 1 is 0.857 bits per heavy atom. The first kappa shape index (κ1) is 17.2. The predicted octanol–water partition coefficient (Wildman–Crippen LogP) is 3.88. The van der Waals surface area contributed by atoms with E-state index >= 15 is 0 Å². The van der Waals surface area contributed by atoms with E-state index in [9.17, 15) is 0 Å². The van der Waals surface area contributed by atoms with Gasteiger partial charge in [-0.1, -0.05) is 19.8 Å². The molecule has 124 valence electrons. The van der Waals surface area contributed by atoms with Gasteiger partial charge in [-0.3, -0.25) is 0 Å². The molecule has 2 aliphatic heterocycles. The van der Waals surface area contributed by atoms with E-state index in [-0.39, 0.29) is 23.8 Å². The summed E-state index contributed by atoms with van der Waals surface area (Å²) in [7, 11) is 0. The Hall–Kier alpha value is -0.160. The standard InChI is InChI=1S/C17H32O4/c1-13(9-10-15-12-19-17(4,5)21-15)7-6-8-14-11-18-16(2,3)20-14/h13-15H,6-12H2,1-5H3. The van der Waals surface area contributed by atoms with Crippen molar-refractivity contribution in [2.45, 2.75) is 90.5 Å². The minimum absolute atomic E-state index is 0.273. The number of rotatable bonds is 7. The lowest BCUT2D eigenvalue weighted by Gasteiger charge is -2.19. The molecular formula is C17H32O4. The third kappa shape index (κ3) is 5.85. The lowest BCUT2D eigenvalue weighted by molar-refractivity contribution is -0.140. The minimum Gasteiger partial charge on any atom is -0.348 e. The number of ether oxygens (including phenoxy) is 4. The molecule has 0 spiro atoms. The summed E-state index contributed by atoms with van der Waals surface area (Å²) in [6, 6.07) is 0. The largest absolute Gasteiger partial charge is 0.348 e. The predicted molar refractivity (Wildman–Crippen MR) is 82.1 cm³/mol. The molecule has 2 aliphatic rings. The van der Waals surface area contributed by atoms with Crippen LogP contribution in [0.5, 0.6) is 0 Å². The van der Waals surface area contributed by atoms with Gasteiger partial charge in [0, 0.05) is 0 Å². The Kier molecular flexibility index (Phi) is 5.69. The molecule has 2 rings (SSSR count). The molecule has 0 aromatic rings. The Labute approximate surface area is 129 Å². The van der Waals surface area contributed by atoms with Crippen LogP contribution in [0.1, 0.15) is 66.7 Å². The van der Waals surface area contributed by atoms with Gasteiger partial charge in [0.15, 0.2) is 11.6 Å². The number of hydrogen-bond donors (Lipinski definition) is 0. The fourth-order valence-electron chi connectivity index (χ4n) is 3.12. The van der Waals surface area contributed by atoms with Crippen molar-refractivity contribution in [1.29, 1.82) is 0 Å². The van der Waals surface area contributed by atoms with Gasteiger partial charge < -0.3 is 18.9 Å². The van der Waals surface area contributed by atoms with Crippen LogP contribution in [0.3, 0.4) is 0 Å². The summed E-state index contributed by atoms with van der Waals surface area (Å²) >= 11 is 0. The van der Waals surface area contributed by atoms with Gasteiger partial charge in [-0.2, -0.15) is 0 Å². The average Bonchev–Trinajstić information content (AvgIpc) is 2.89. The van der Waals surface area contributed by atoms with Crippen LogP contribution >= 0.6 is 0 Å². The van der Waals surface area contributed by atoms with E-state index < -0.39 is 0 Å². The molecular weight excluding hydrogens is 268 g/mol. The molecule has 4 heteroatoms. The topological polar surface area (TPSA) is 36.9 Å². The Bertz CT molecular complexity index is 327. The SMILES string of the molecule is CC(CCCC1COC(C)(C)O1)CCC1COC(C)(C)O1. The normalized spacial score (nSPS) is 32.4. The molecule has 4 nitrogen and oxygen atoms in total. The molecule has 3 atom stereocenters. The molecule has 0 aromatic carbocycles. The summed E-state index contributed by atoms with van der Waals surface area (Å²) in [4.78, 5) is 0. The molecule has 2 heterocycles.